The molecule has 2 N–H and O–H groups in total. The molecule has 0 heterocycles. The topological polar surface area (TPSA) is 81.5 Å². The van der Waals surface area contributed by atoms with Gasteiger partial charge in [0, 0.05) is 0 Å². The minimum atomic E-state index is -0.517. The van der Waals surface area contributed by atoms with Crippen molar-refractivity contribution in [3.8, 4) is 0 Å². The van der Waals surface area contributed by atoms with Gasteiger partial charge in [-0.1, -0.05) is 18.2 Å². The zero-order valence-electron chi connectivity index (χ0n) is 9.18. The van der Waals surface area contributed by atoms with Gasteiger partial charge in [0.25, 0.3) is 0 Å². The summed E-state index contributed by atoms with van der Waals surface area (Å²) in [5.74, 6) is 0. The van der Waals surface area contributed by atoms with E-state index < -0.39 is 4.92 Å². The Labute approximate surface area is 93.5 Å². The first-order valence-electron chi connectivity index (χ1n) is 4.74. The lowest BCUT2D eigenvalue weighted by molar-refractivity contribution is -0.416. The number of nitrogens with two attached hydrogens (primary N) is 1. The van der Waals surface area contributed by atoms with Crippen molar-refractivity contribution in [2.75, 3.05) is 0 Å². The molecule has 0 aliphatic rings. The Morgan fingerprint density at radius 2 is 1.88 bits per heavy atom. The molecule has 1 aromatic carbocycles. The van der Waals surface area contributed by atoms with Crippen LogP contribution in [0, 0.1) is 10.1 Å². The Hall–Kier alpha value is -2.17. The van der Waals surface area contributed by atoms with E-state index in [0.717, 1.165) is 0 Å². The van der Waals surface area contributed by atoms with Crippen LogP contribution in [0.3, 0.4) is 0 Å². The molecule has 16 heavy (non-hydrogen) atoms. The molecule has 0 spiro atoms. The van der Waals surface area contributed by atoms with Crippen molar-refractivity contribution in [1.82, 2.24) is 0 Å². The number of rotatable bonds is 3. The molecule has 1 rings (SSSR count). The van der Waals surface area contributed by atoms with Crippen molar-refractivity contribution in [3.05, 3.63) is 51.8 Å². The van der Waals surface area contributed by atoms with Gasteiger partial charge >= 0.3 is 5.70 Å². The van der Waals surface area contributed by atoms with Gasteiger partial charge in [0.15, 0.2) is 0 Å². The predicted molar refractivity (Wildman–Crippen MR) is 63.1 cm³/mol. The average molecular weight is 219 g/mol. The number of aliphatic imine (C=N–C) groups is 1. The highest BCUT2D eigenvalue weighted by Crippen LogP contribution is 2.13. The van der Waals surface area contributed by atoms with Crippen LogP contribution in [0.25, 0.3) is 0 Å². The second-order valence-electron chi connectivity index (χ2n) is 3.32. The van der Waals surface area contributed by atoms with Gasteiger partial charge in [0.05, 0.1) is 16.3 Å². The van der Waals surface area contributed by atoms with Crippen molar-refractivity contribution >= 4 is 11.4 Å². The number of hydrogen-bond acceptors (Lipinski definition) is 4. The molecule has 0 aliphatic heterocycles. The van der Waals surface area contributed by atoms with Crippen LogP contribution in [0.2, 0.25) is 0 Å². The number of benzene rings is 1. The second-order valence-corrected chi connectivity index (χ2v) is 3.32. The SMILES string of the molecule is CC(=Nc1ccccc1)C(=C(C)N)[N+](=O)[O-]. The fourth-order valence-electron chi connectivity index (χ4n) is 1.31. The molecule has 0 aromatic heterocycles. The third kappa shape index (κ3) is 2.91. The van der Waals surface area contributed by atoms with Crippen molar-refractivity contribution in [1.29, 1.82) is 0 Å². The zero-order chi connectivity index (χ0) is 12.1. The lowest BCUT2D eigenvalue weighted by Crippen LogP contribution is -2.14. The zero-order valence-corrected chi connectivity index (χ0v) is 9.18. The summed E-state index contributed by atoms with van der Waals surface area (Å²) in [6.45, 7) is 3.06. The highest BCUT2D eigenvalue weighted by molar-refractivity contribution is 5.98. The number of hydrogen-bond donors (Lipinski definition) is 1. The van der Waals surface area contributed by atoms with Gasteiger partial charge in [-0.05, 0) is 26.0 Å². The molecule has 0 fully saturated rings. The maximum absolute atomic E-state index is 10.8. The van der Waals surface area contributed by atoms with E-state index in [4.69, 9.17) is 5.73 Å². The van der Waals surface area contributed by atoms with Gasteiger partial charge in [-0.2, -0.15) is 0 Å². The lowest BCUT2D eigenvalue weighted by atomic mass is 10.2. The van der Waals surface area contributed by atoms with E-state index in [1.165, 1.54) is 6.92 Å². The normalized spacial score (nSPS) is 13.2. The maximum Gasteiger partial charge on any atom is 0.308 e. The Morgan fingerprint density at radius 3 is 2.31 bits per heavy atom. The van der Waals surface area contributed by atoms with Crippen LogP contribution in [-0.2, 0) is 0 Å². The van der Waals surface area contributed by atoms with E-state index in [1.807, 2.05) is 18.2 Å². The summed E-state index contributed by atoms with van der Waals surface area (Å²) in [6, 6.07) is 9.03. The summed E-state index contributed by atoms with van der Waals surface area (Å²) in [5.41, 5.74) is 6.44. The quantitative estimate of drug-likeness (QED) is 0.481. The Bertz CT molecular complexity index is 446. The van der Waals surface area contributed by atoms with Crippen molar-refractivity contribution in [2.24, 2.45) is 10.7 Å². The standard InChI is InChI=1S/C11H13N3O2/c1-8(12)11(14(15)16)9(2)13-10-6-4-3-5-7-10/h3-7H,12H2,1-2H3. The van der Waals surface area contributed by atoms with Gasteiger partial charge in [0.2, 0.25) is 0 Å². The third-order valence-electron chi connectivity index (χ3n) is 1.95. The maximum atomic E-state index is 10.8. The van der Waals surface area contributed by atoms with E-state index >= 15 is 0 Å². The molecule has 0 radical (unpaired) electrons. The van der Waals surface area contributed by atoms with Crippen molar-refractivity contribution in [3.63, 3.8) is 0 Å². The molecule has 0 amide bonds. The molecular weight excluding hydrogens is 206 g/mol. The van der Waals surface area contributed by atoms with Crippen LogP contribution in [0.5, 0.6) is 0 Å². The molecule has 0 saturated heterocycles. The van der Waals surface area contributed by atoms with Gasteiger partial charge in [-0.3, -0.25) is 10.1 Å². The first-order chi connectivity index (χ1) is 7.52. The summed E-state index contributed by atoms with van der Waals surface area (Å²) in [7, 11) is 0. The smallest absolute Gasteiger partial charge is 0.308 e. The van der Waals surface area contributed by atoms with Crippen LogP contribution >= 0.6 is 0 Å². The van der Waals surface area contributed by atoms with Crippen LogP contribution in [0.15, 0.2) is 46.7 Å². The predicted octanol–water partition coefficient (Wildman–Crippen LogP) is 2.25. The highest BCUT2D eigenvalue weighted by atomic mass is 16.6. The molecule has 5 nitrogen and oxygen atoms in total. The summed E-state index contributed by atoms with van der Waals surface area (Å²) in [6.07, 6.45) is 0. The Morgan fingerprint density at radius 1 is 1.31 bits per heavy atom. The van der Waals surface area contributed by atoms with Crippen molar-refractivity contribution in [2.45, 2.75) is 13.8 Å². The lowest BCUT2D eigenvalue weighted by Gasteiger charge is -2.00. The minimum Gasteiger partial charge on any atom is -0.397 e. The number of nitro groups is 1. The number of nitrogens with zero attached hydrogens (tertiary/aromatic N) is 2. The first kappa shape index (κ1) is 11.9. The molecule has 5 heteroatoms. The molecular formula is C11H13N3O2. The van der Waals surface area contributed by atoms with Crippen molar-refractivity contribution < 1.29 is 4.92 Å². The number of para-hydroxylation sites is 1. The molecule has 0 bridgehead atoms. The molecule has 0 atom stereocenters. The van der Waals surface area contributed by atoms with E-state index in [2.05, 4.69) is 4.99 Å². The Kier molecular flexibility index (Phi) is 3.77. The largest absolute Gasteiger partial charge is 0.397 e. The summed E-state index contributed by atoms with van der Waals surface area (Å²) in [5, 5.41) is 10.8. The van der Waals surface area contributed by atoms with Crippen LogP contribution in [0.4, 0.5) is 5.69 Å². The minimum absolute atomic E-state index is 0.135. The third-order valence-corrected chi connectivity index (χ3v) is 1.95. The van der Waals surface area contributed by atoms with E-state index in [9.17, 15) is 10.1 Å². The molecule has 0 unspecified atom stereocenters. The Balaban J connectivity index is 3.11. The van der Waals surface area contributed by atoms with Crippen LogP contribution < -0.4 is 5.73 Å². The summed E-state index contributed by atoms with van der Waals surface area (Å²) < 4.78 is 0. The molecule has 0 aliphatic carbocycles. The van der Waals surface area contributed by atoms with E-state index in [-0.39, 0.29) is 11.4 Å². The summed E-state index contributed by atoms with van der Waals surface area (Å²) >= 11 is 0. The molecule has 0 saturated carbocycles. The summed E-state index contributed by atoms with van der Waals surface area (Å²) in [4.78, 5) is 14.4. The monoisotopic (exact) mass is 219 g/mol. The first-order valence-corrected chi connectivity index (χ1v) is 4.74. The fourth-order valence-corrected chi connectivity index (χ4v) is 1.31. The highest BCUT2D eigenvalue weighted by Gasteiger charge is 2.17. The average Bonchev–Trinajstić information content (AvgIpc) is 2.17. The van der Waals surface area contributed by atoms with Gasteiger partial charge in [-0.15, -0.1) is 0 Å². The number of allylic oxidation sites excluding steroid dienone is 2. The molecule has 84 valence electrons. The van der Waals surface area contributed by atoms with Crippen LogP contribution in [-0.4, -0.2) is 10.6 Å². The van der Waals surface area contributed by atoms with Crippen LogP contribution in [0.1, 0.15) is 13.8 Å². The van der Waals surface area contributed by atoms with Gasteiger partial charge in [0.1, 0.15) is 5.71 Å². The van der Waals surface area contributed by atoms with E-state index in [1.54, 1.807) is 19.1 Å². The fraction of sp³-hybridized carbons (Fsp3) is 0.182. The van der Waals surface area contributed by atoms with Gasteiger partial charge < -0.3 is 5.73 Å². The molecule has 1 aromatic rings. The van der Waals surface area contributed by atoms with E-state index in [0.29, 0.717) is 11.4 Å². The van der Waals surface area contributed by atoms with Gasteiger partial charge in [-0.25, -0.2) is 4.99 Å². The second kappa shape index (κ2) is 5.06.